The van der Waals surface area contributed by atoms with Gasteiger partial charge in [-0.05, 0) is 56.0 Å². The van der Waals surface area contributed by atoms with Crippen molar-refractivity contribution in [1.82, 2.24) is 0 Å². The number of carboxylic acid groups (broad SMARTS) is 1. The second-order valence-corrected chi connectivity index (χ2v) is 10.2. The van der Waals surface area contributed by atoms with E-state index in [4.69, 9.17) is 9.15 Å². The van der Waals surface area contributed by atoms with E-state index < -0.39 is 29.2 Å². The zero-order valence-corrected chi connectivity index (χ0v) is 23.9. The van der Waals surface area contributed by atoms with E-state index in [-0.39, 0.29) is 34.7 Å². The van der Waals surface area contributed by atoms with E-state index in [0.717, 1.165) is 25.3 Å². The molecular formula is C31H36O8S. The summed E-state index contributed by atoms with van der Waals surface area (Å²) < 4.78 is 11.4. The molecule has 0 aliphatic carbocycles. The van der Waals surface area contributed by atoms with Crippen molar-refractivity contribution in [2.75, 3.05) is 6.61 Å². The van der Waals surface area contributed by atoms with E-state index in [1.165, 1.54) is 13.0 Å². The van der Waals surface area contributed by atoms with Crippen LogP contribution in [0.2, 0.25) is 0 Å². The van der Waals surface area contributed by atoms with Crippen LogP contribution >= 0.6 is 12.6 Å². The molecule has 0 bridgehead atoms. The maximum atomic E-state index is 13.0. The molecule has 0 radical (unpaired) electrons. The summed E-state index contributed by atoms with van der Waals surface area (Å²) in [7, 11) is 0. The van der Waals surface area contributed by atoms with Gasteiger partial charge < -0.3 is 24.5 Å². The number of hydrogen-bond donors (Lipinski definition) is 4. The number of ether oxygens (including phenoxy) is 1. The van der Waals surface area contributed by atoms with Crippen LogP contribution in [-0.4, -0.2) is 39.8 Å². The number of carbonyl (C=O) groups is 2. The molecule has 214 valence electrons. The Labute approximate surface area is 238 Å². The van der Waals surface area contributed by atoms with E-state index in [0.29, 0.717) is 41.0 Å². The summed E-state index contributed by atoms with van der Waals surface area (Å²) in [6.07, 6.45) is 6.83. The second kappa shape index (κ2) is 14.2. The molecule has 0 fully saturated rings. The van der Waals surface area contributed by atoms with Crippen LogP contribution in [-0.2, 0) is 6.42 Å². The van der Waals surface area contributed by atoms with Crippen molar-refractivity contribution in [3.63, 3.8) is 0 Å². The first-order valence-corrected chi connectivity index (χ1v) is 13.9. The summed E-state index contributed by atoms with van der Waals surface area (Å²) in [5.41, 5.74) is 0.941. The molecule has 3 aromatic rings. The number of carboxylic acids is 1. The van der Waals surface area contributed by atoms with Gasteiger partial charge >= 0.3 is 5.97 Å². The van der Waals surface area contributed by atoms with E-state index >= 15 is 0 Å². The molecule has 2 atom stereocenters. The quantitative estimate of drug-likeness (QED) is 0.0770. The molecule has 3 rings (SSSR count). The fraction of sp³-hybridized carbons (Fsp3) is 0.387. The number of hydrogen-bond acceptors (Lipinski definition) is 8. The van der Waals surface area contributed by atoms with Crippen molar-refractivity contribution in [2.24, 2.45) is 0 Å². The molecule has 0 amide bonds. The Balaban J connectivity index is 1.89. The Bertz CT molecular complexity index is 1460. The topological polar surface area (TPSA) is 134 Å². The molecule has 8 nitrogen and oxygen atoms in total. The molecule has 0 aliphatic heterocycles. The highest BCUT2D eigenvalue weighted by atomic mass is 32.1. The standard InChI is InChI=1S/C31H36O8S/c1-4-6-11-24(33)21(23-15-19(40)16-27-29(23)25(34)17-28(39-27)31(36)37)10-7-8-14-38-26-13-12-20(18(3)32)30(35)22(26)9-5-2/h7,10,12-13,15-17,21,24,33,35,40H,4-6,8-9,11,14H2,1-3H3,(H,36,37)/t21-,24+/m1/s1. The molecule has 40 heavy (non-hydrogen) atoms. The smallest absolute Gasteiger partial charge is 0.371 e. The van der Waals surface area contributed by atoms with Crippen LogP contribution in [0.4, 0.5) is 0 Å². The maximum absolute atomic E-state index is 13.0. The summed E-state index contributed by atoms with van der Waals surface area (Å²) in [6, 6.07) is 7.37. The molecule has 0 aliphatic rings. The first kappa shape index (κ1) is 31.0. The van der Waals surface area contributed by atoms with E-state index in [9.17, 15) is 29.7 Å². The van der Waals surface area contributed by atoms with Gasteiger partial charge in [0.2, 0.25) is 5.76 Å². The number of rotatable bonds is 14. The van der Waals surface area contributed by atoms with Crippen molar-refractivity contribution >= 4 is 35.4 Å². The Hall–Kier alpha value is -3.56. The van der Waals surface area contributed by atoms with Crippen LogP contribution in [0, 0.1) is 0 Å². The molecule has 0 spiro atoms. The minimum Gasteiger partial charge on any atom is -0.507 e. The predicted octanol–water partition coefficient (Wildman–Crippen LogP) is 6.30. The van der Waals surface area contributed by atoms with Gasteiger partial charge in [0.25, 0.3) is 0 Å². The van der Waals surface area contributed by atoms with Gasteiger partial charge in [0.15, 0.2) is 11.2 Å². The number of fused-ring (bicyclic) bond motifs is 1. The molecule has 0 saturated heterocycles. The molecule has 3 N–H and O–H groups in total. The highest BCUT2D eigenvalue weighted by Gasteiger charge is 2.24. The minimum absolute atomic E-state index is 0.0510. The molecule has 0 saturated carbocycles. The van der Waals surface area contributed by atoms with Crippen LogP contribution in [0.15, 0.2) is 56.6 Å². The van der Waals surface area contributed by atoms with E-state index in [2.05, 4.69) is 12.6 Å². The van der Waals surface area contributed by atoms with E-state index in [1.807, 2.05) is 26.0 Å². The SMILES string of the molecule is CCCC[C@H](O)[C@H](C=CCCOc1ccc(C(C)=O)c(O)c1CCC)c1cc(S)cc2oc(C(=O)O)cc(=O)c12. The number of aromatic carboxylic acids is 1. The summed E-state index contributed by atoms with van der Waals surface area (Å²) in [6.45, 7) is 5.68. The largest absolute Gasteiger partial charge is 0.507 e. The van der Waals surface area contributed by atoms with Crippen LogP contribution in [0.5, 0.6) is 11.5 Å². The number of unbranched alkanes of at least 4 members (excludes halogenated alkanes) is 1. The Kier molecular flexibility index (Phi) is 11.0. The summed E-state index contributed by atoms with van der Waals surface area (Å²) in [4.78, 5) is 36.7. The molecule has 2 aromatic carbocycles. The number of aliphatic hydroxyl groups excluding tert-OH is 1. The number of phenols is 1. The van der Waals surface area contributed by atoms with Crippen LogP contribution in [0.3, 0.4) is 0 Å². The number of ketones is 1. The fourth-order valence-corrected chi connectivity index (χ4v) is 4.97. The van der Waals surface area contributed by atoms with Crippen LogP contribution < -0.4 is 10.2 Å². The third kappa shape index (κ3) is 7.34. The zero-order valence-electron chi connectivity index (χ0n) is 23.0. The van der Waals surface area contributed by atoms with Crippen molar-refractivity contribution < 1.29 is 34.1 Å². The van der Waals surface area contributed by atoms with Gasteiger partial charge in [0.1, 0.15) is 17.1 Å². The van der Waals surface area contributed by atoms with Gasteiger partial charge in [-0.15, -0.1) is 12.6 Å². The predicted molar refractivity (Wildman–Crippen MR) is 156 cm³/mol. The number of carbonyl (C=O) groups excluding carboxylic acids is 1. The number of benzene rings is 2. The summed E-state index contributed by atoms with van der Waals surface area (Å²) in [5, 5.41) is 31.2. The highest BCUT2D eigenvalue weighted by molar-refractivity contribution is 7.80. The van der Waals surface area contributed by atoms with Crippen LogP contribution in [0.1, 0.15) is 90.8 Å². The number of aliphatic hydroxyl groups is 1. The third-order valence-corrected chi connectivity index (χ3v) is 6.95. The minimum atomic E-state index is -1.35. The van der Waals surface area contributed by atoms with Crippen LogP contribution in [0.25, 0.3) is 11.0 Å². The number of thiol groups is 1. The van der Waals surface area contributed by atoms with Crippen molar-refractivity contribution in [3.05, 3.63) is 75.2 Å². The molecule has 1 aromatic heterocycles. The summed E-state index contributed by atoms with van der Waals surface area (Å²) >= 11 is 4.43. The van der Waals surface area contributed by atoms with Gasteiger partial charge in [-0.3, -0.25) is 9.59 Å². The normalized spacial score (nSPS) is 13.0. The first-order valence-electron chi connectivity index (χ1n) is 13.5. The lowest BCUT2D eigenvalue weighted by atomic mass is 9.87. The van der Waals surface area contributed by atoms with Gasteiger partial charge in [0, 0.05) is 22.4 Å². The molecular weight excluding hydrogens is 532 g/mol. The van der Waals surface area contributed by atoms with Gasteiger partial charge in [-0.25, -0.2) is 4.79 Å². The molecule has 0 unspecified atom stereocenters. The number of aromatic hydroxyl groups is 1. The lowest BCUT2D eigenvalue weighted by molar-refractivity contribution is 0.0662. The lowest BCUT2D eigenvalue weighted by Gasteiger charge is -2.22. The van der Waals surface area contributed by atoms with Gasteiger partial charge in [-0.2, -0.15) is 0 Å². The number of phenolic OH excluding ortho intramolecular Hbond substituents is 1. The van der Waals surface area contributed by atoms with E-state index in [1.54, 1.807) is 18.2 Å². The third-order valence-electron chi connectivity index (χ3n) is 6.69. The van der Waals surface area contributed by atoms with Crippen molar-refractivity contribution in [2.45, 2.75) is 76.2 Å². The first-order chi connectivity index (χ1) is 19.1. The number of Topliss-reactive ketones (excluding diaryl/α,β-unsaturated/α-hetero) is 1. The second-order valence-electron chi connectivity index (χ2n) is 9.73. The monoisotopic (exact) mass is 568 g/mol. The van der Waals surface area contributed by atoms with Crippen molar-refractivity contribution in [3.8, 4) is 11.5 Å². The highest BCUT2D eigenvalue weighted by Crippen LogP contribution is 2.34. The average molecular weight is 569 g/mol. The molecule has 1 heterocycles. The maximum Gasteiger partial charge on any atom is 0.371 e. The fourth-order valence-electron chi connectivity index (χ4n) is 4.71. The van der Waals surface area contributed by atoms with Gasteiger partial charge in [-0.1, -0.05) is 45.3 Å². The van der Waals surface area contributed by atoms with Gasteiger partial charge in [0.05, 0.1) is 23.7 Å². The average Bonchev–Trinajstić information content (AvgIpc) is 2.90. The summed E-state index contributed by atoms with van der Waals surface area (Å²) in [5.74, 6) is -2.15. The Morgan fingerprint density at radius 2 is 1.90 bits per heavy atom. The Morgan fingerprint density at radius 1 is 1.15 bits per heavy atom. The lowest BCUT2D eigenvalue weighted by Crippen LogP contribution is -2.19. The zero-order chi connectivity index (χ0) is 29.4. The Morgan fingerprint density at radius 3 is 2.55 bits per heavy atom. The van der Waals surface area contributed by atoms with Crippen molar-refractivity contribution in [1.29, 1.82) is 0 Å². The molecule has 9 heteroatoms.